The van der Waals surface area contributed by atoms with Crippen LogP contribution < -0.4 is 15.4 Å². The lowest BCUT2D eigenvalue weighted by Crippen LogP contribution is -2.49. The number of anilines is 2. The largest absolute Gasteiger partial charge is 0.480 e. The summed E-state index contributed by atoms with van der Waals surface area (Å²) in [6, 6.07) is 16.0. The molecule has 2 bridgehead atoms. The first-order chi connectivity index (χ1) is 19.9. The fourth-order valence-corrected chi connectivity index (χ4v) is 8.47. The van der Waals surface area contributed by atoms with Crippen molar-refractivity contribution in [3.8, 4) is 11.1 Å². The van der Waals surface area contributed by atoms with E-state index in [2.05, 4.69) is 20.3 Å². The summed E-state index contributed by atoms with van der Waals surface area (Å²) < 4.78 is 28.8. The van der Waals surface area contributed by atoms with Gasteiger partial charge >= 0.3 is 12.0 Å². The summed E-state index contributed by atoms with van der Waals surface area (Å²) in [6.07, 6.45) is 4.80. The number of nitrogens with zero attached hydrogens (tertiary/aromatic N) is 1. The van der Waals surface area contributed by atoms with E-state index in [1.807, 2.05) is 44.2 Å². The maximum Gasteiger partial charge on any atom is 0.323 e. The van der Waals surface area contributed by atoms with Gasteiger partial charge in [0.25, 0.3) is 0 Å². The van der Waals surface area contributed by atoms with Crippen LogP contribution in [-0.2, 0) is 26.0 Å². The first-order valence-corrected chi connectivity index (χ1v) is 15.5. The number of ketones is 1. The molecule has 2 saturated carbocycles. The first-order valence-electron chi connectivity index (χ1n) is 13.8. The fourth-order valence-electron chi connectivity index (χ4n) is 6.44. The van der Waals surface area contributed by atoms with Crippen LogP contribution in [0.4, 0.5) is 16.2 Å². The second-order valence-corrected chi connectivity index (χ2v) is 13.5. The summed E-state index contributed by atoms with van der Waals surface area (Å²) >= 11 is 0. The molecule has 1 heterocycles. The van der Waals surface area contributed by atoms with E-state index in [0.717, 1.165) is 17.5 Å². The van der Waals surface area contributed by atoms with E-state index in [-0.39, 0.29) is 18.1 Å². The van der Waals surface area contributed by atoms with Crippen molar-refractivity contribution in [2.75, 3.05) is 16.4 Å². The number of carboxylic acids is 1. The molecular weight excluding hydrogens is 556 g/mol. The Labute approximate surface area is 245 Å². The average molecular weight is 591 g/mol. The van der Waals surface area contributed by atoms with E-state index >= 15 is 0 Å². The molecule has 2 fully saturated rings. The highest BCUT2D eigenvalue weighted by Crippen LogP contribution is 2.64. The summed E-state index contributed by atoms with van der Waals surface area (Å²) in [7, 11) is -4.06. The Morgan fingerprint density at radius 2 is 1.69 bits per heavy atom. The van der Waals surface area contributed by atoms with Crippen LogP contribution in [0.5, 0.6) is 0 Å². The van der Waals surface area contributed by atoms with Crippen molar-refractivity contribution in [3.05, 3.63) is 78.6 Å². The zero-order chi connectivity index (χ0) is 30.1. The summed E-state index contributed by atoms with van der Waals surface area (Å²) in [5.41, 5.74) is 2.08. The van der Waals surface area contributed by atoms with Gasteiger partial charge in [0.15, 0.2) is 0 Å². The first kappa shape index (κ1) is 29.4. The SMILES string of the molecule is CC1(C)C2CCC1(CS(=O)(=O)N[C@@H](Cc1ccc(-c3cccc(NC(=O)Nc4ccncc4)c3)cc1)C(=O)O)C(=O)C2. The number of benzene rings is 2. The number of carbonyl (C=O) groups is 3. The number of aromatic nitrogens is 1. The normalized spacial score (nSPS) is 21.6. The summed E-state index contributed by atoms with van der Waals surface area (Å²) in [5, 5.41) is 15.4. The molecule has 42 heavy (non-hydrogen) atoms. The van der Waals surface area contributed by atoms with Gasteiger partial charge in [0.05, 0.1) is 5.75 Å². The number of rotatable bonds is 10. The molecule has 2 aromatic carbocycles. The molecule has 0 spiro atoms. The number of carbonyl (C=O) groups excluding carboxylic acids is 2. The quantitative estimate of drug-likeness (QED) is 0.267. The van der Waals surface area contributed by atoms with Crippen LogP contribution in [0.3, 0.4) is 0 Å². The van der Waals surface area contributed by atoms with Crippen LogP contribution in [0.25, 0.3) is 11.1 Å². The van der Waals surface area contributed by atoms with Gasteiger partial charge in [-0.25, -0.2) is 17.9 Å². The number of carboxylic acid groups (broad SMARTS) is 1. The third kappa shape index (κ3) is 5.93. The molecule has 2 aliphatic rings. The van der Waals surface area contributed by atoms with Crippen molar-refractivity contribution in [1.29, 1.82) is 0 Å². The van der Waals surface area contributed by atoms with Crippen LogP contribution in [0.2, 0.25) is 0 Å². The molecule has 11 heteroatoms. The third-order valence-electron chi connectivity index (χ3n) is 8.98. The molecule has 220 valence electrons. The van der Waals surface area contributed by atoms with E-state index in [1.54, 1.807) is 42.7 Å². The van der Waals surface area contributed by atoms with Gasteiger partial charge in [-0.2, -0.15) is 0 Å². The third-order valence-corrected chi connectivity index (χ3v) is 10.5. The van der Waals surface area contributed by atoms with Crippen molar-refractivity contribution < 1.29 is 27.9 Å². The Hall–Kier alpha value is -4.09. The Bertz CT molecular complexity index is 1610. The minimum absolute atomic E-state index is 0.0368. The number of pyridine rings is 1. The Kier molecular flexibility index (Phi) is 7.91. The lowest BCUT2D eigenvalue weighted by molar-refractivity contribution is -0.138. The highest BCUT2D eigenvalue weighted by atomic mass is 32.2. The average Bonchev–Trinajstić information content (AvgIpc) is 3.28. The van der Waals surface area contributed by atoms with Crippen LogP contribution in [0.1, 0.15) is 38.7 Å². The van der Waals surface area contributed by atoms with E-state index in [0.29, 0.717) is 29.8 Å². The van der Waals surface area contributed by atoms with Gasteiger partial charge in [-0.1, -0.05) is 50.2 Å². The summed E-state index contributed by atoms with van der Waals surface area (Å²) in [6.45, 7) is 3.90. The second kappa shape index (κ2) is 11.3. The van der Waals surface area contributed by atoms with Crippen molar-refractivity contribution in [2.24, 2.45) is 16.7 Å². The van der Waals surface area contributed by atoms with Crippen molar-refractivity contribution in [3.63, 3.8) is 0 Å². The van der Waals surface area contributed by atoms with Gasteiger partial charge in [-0.15, -0.1) is 0 Å². The van der Waals surface area contributed by atoms with Crippen molar-refractivity contribution in [2.45, 2.75) is 45.6 Å². The molecule has 3 atom stereocenters. The molecule has 10 nitrogen and oxygen atoms in total. The number of urea groups is 1. The van der Waals surface area contributed by atoms with Crippen molar-refractivity contribution >= 4 is 39.2 Å². The number of aliphatic carboxylic acids is 1. The number of nitrogens with one attached hydrogen (secondary N) is 3. The van der Waals surface area contributed by atoms with Gasteiger partial charge in [0.1, 0.15) is 11.8 Å². The maximum absolute atomic E-state index is 13.2. The molecule has 0 saturated heterocycles. The van der Waals surface area contributed by atoms with Crippen LogP contribution in [0, 0.1) is 16.7 Å². The zero-order valence-corrected chi connectivity index (χ0v) is 24.3. The summed E-state index contributed by atoms with van der Waals surface area (Å²) in [4.78, 5) is 41.2. The number of fused-ring (bicyclic) bond motifs is 2. The van der Waals surface area contributed by atoms with Gasteiger partial charge in [0.2, 0.25) is 10.0 Å². The fraction of sp³-hybridized carbons (Fsp3) is 0.355. The zero-order valence-electron chi connectivity index (χ0n) is 23.5. The molecule has 0 radical (unpaired) electrons. The monoisotopic (exact) mass is 590 g/mol. The van der Waals surface area contributed by atoms with E-state index in [9.17, 15) is 27.9 Å². The minimum Gasteiger partial charge on any atom is -0.480 e. The lowest BCUT2D eigenvalue weighted by Gasteiger charge is -2.36. The molecular formula is C31H34N4O6S. The molecule has 3 aromatic rings. The van der Waals surface area contributed by atoms with E-state index in [4.69, 9.17) is 0 Å². The number of Topliss-reactive ketones (excluding diaryl/α,β-unsaturated/α-hetero) is 1. The predicted octanol–water partition coefficient (Wildman–Crippen LogP) is 4.70. The van der Waals surface area contributed by atoms with Crippen molar-refractivity contribution in [1.82, 2.24) is 9.71 Å². The topological polar surface area (TPSA) is 155 Å². The second-order valence-electron chi connectivity index (χ2n) is 11.7. The highest BCUT2D eigenvalue weighted by molar-refractivity contribution is 7.89. The standard InChI is InChI=1S/C31H34N4O6S/c1-30(2)23-10-13-31(30,27(36)18-23)19-42(40,41)35-26(28(37)38)16-20-6-8-21(9-7-20)22-4-3-5-25(17-22)34-29(39)33-24-11-14-32-15-12-24/h3-9,11-12,14-15,17,23,26,35H,10,13,16,18-19H2,1-2H3,(H,37,38)(H2,32,33,34,39)/t23?,26-,31?/m0/s1. The number of hydrogen-bond acceptors (Lipinski definition) is 6. The minimum atomic E-state index is -4.06. The highest BCUT2D eigenvalue weighted by Gasteiger charge is 2.65. The number of amides is 2. The van der Waals surface area contributed by atoms with Gasteiger partial charge in [0, 0.05) is 35.6 Å². The van der Waals surface area contributed by atoms with Crippen LogP contribution >= 0.6 is 0 Å². The van der Waals surface area contributed by atoms with Gasteiger partial charge in [-0.3, -0.25) is 14.6 Å². The molecule has 0 aliphatic heterocycles. The summed E-state index contributed by atoms with van der Waals surface area (Å²) in [5.74, 6) is -1.55. The van der Waals surface area contributed by atoms with E-state index in [1.165, 1.54) is 0 Å². The smallest absolute Gasteiger partial charge is 0.323 e. The molecule has 1 aromatic heterocycles. The molecule has 2 aliphatic carbocycles. The Balaban J connectivity index is 1.24. The lowest BCUT2D eigenvalue weighted by atomic mass is 9.70. The molecule has 2 amide bonds. The molecule has 2 unspecified atom stereocenters. The predicted molar refractivity (Wildman–Crippen MR) is 159 cm³/mol. The van der Waals surface area contributed by atoms with Crippen LogP contribution in [-0.4, -0.2) is 48.1 Å². The molecule has 5 rings (SSSR count). The van der Waals surface area contributed by atoms with Crippen LogP contribution in [0.15, 0.2) is 73.1 Å². The number of hydrogen-bond donors (Lipinski definition) is 4. The Morgan fingerprint density at radius 3 is 2.31 bits per heavy atom. The molecule has 4 N–H and O–H groups in total. The van der Waals surface area contributed by atoms with Gasteiger partial charge < -0.3 is 15.7 Å². The number of sulfonamides is 1. The Morgan fingerprint density at radius 1 is 1.00 bits per heavy atom. The van der Waals surface area contributed by atoms with E-state index < -0.39 is 44.6 Å². The van der Waals surface area contributed by atoms with Gasteiger partial charge in [-0.05, 0) is 71.6 Å². The maximum atomic E-state index is 13.2.